The molecule has 76 heavy (non-hydrogen) atoms. The van der Waals surface area contributed by atoms with Crippen LogP contribution in [-0.4, -0.2) is 95.4 Å². The van der Waals surface area contributed by atoms with Gasteiger partial charge in [-0.25, -0.2) is 4.18 Å². The van der Waals surface area contributed by atoms with E-state index in [4.69, 9.17) is 9.47 Å². The molecule has 7 unspecified atom stereocenters. The molecule has 1 aliphatic heterocycles. The lowest BCUT2D eigenvalue weighted by Crippen LogP contribution is -2.61. The van der Waals surface area contributed by atoms with E-state index < -0.39 is 59.9 Å². The maximum absolute atomic E-state index is 13.1. The zero-order valence-corrected chi connectivity index (χ0v) is 50.2. The average Bonchev–Trinajstić information content (AvgIpc) is 3.40. The summed E-state index contributed by atoms with van der Waals surface area (Å²) in [6.45, 7) is 3.47. The molecule has 0 bridgehead atoms. The average molecular weight is 1100 g/mol. The molecule has 12 nitrogen and oxygen atoms in total. The number of nitrogens with one attached hydrogen (secondary N) is 1. The molecule has 452 valence electrons. The Bertz CT molecular complexity index is 1390. The second kappa shape index (κ2) is 53.2. The molecule has 0 aromatic rings. The summed E-state index contributed by atoms with van der Waals surface area (Å²) in [4.78, 5) is 13.1. The third-order valence-corrected chi connectivity index (χ3v) is 16.3. The van der Waals surface area contributed by atoms with Crippen LogP contribution in [0.3, 0.4) is 0 Å². The second-order valence-electron chi connectivity index (χ2n) is 23.1. The first kappa shape index (κ1) is 72.9. The van der Waals surface area contributed by atoms with Crippen molar-refractivity contribution in [3.63, 3.8) is 0 Å². The molecule has 7 atom stereocenters. The highest BCUT2D eigenvalue weighted by atomic mass is 32.3. The fourth-order valence-corrected chi connectivity index (χ4v) is 11.3. The summed E-state index contributed by atoms with van der Waals surface area (Å²) < 4.78 is 47.8. The van der Waals surface area contributed by atoms with Gasteiger partial charge in [0.2, 0.25) is 5.91 Å². The third-order valence-electron chi connectivity index (χ3n) is 15.8. The van der Waals surface area contributed by atoms with E-state index in [2.05, 4.69) is 35.5 Å². The van der Waals surface area contributed by atoms with Gasteiger partial charge in [0, 0.05) is 6.42 Å². The van der Waals surface area contributed by atoms with Crippen molar-refractivity contribution in [1.82, 2.24) is 5.32 Å². The van der Waals surface area contributed by atoms with Gasteiger partial charge in [-0.05, 0) is 38.5 Å². The number of aliphatic hydroxyl groups excluding tert-OH is 4. The number of unbranched alkanes of at least 4 members (excludes halogenated alkanes) is 44. The standard InChI is InChI=1S/C63H123NO11S/c1-3-5-7-9-11-13-15-16-17-18-19-20-21-22-23-24-25-26-27-28-29-30-31-32-33-34-35-36-37-38-39-40-41-42-43-45-47-49-51-53-59(67)64-56(57(66)52-50-48-46-44-14-12-10-8-6-4-2)55-73-63-61(69)62(75-76(70,71)72)60(68)58(54-65)74-63/h28-29,56-58,60-63,65-66,68-69H,3-27,30-55H2,1-2H3,(H,64,67)(H,70,71,72)/b29-28-. The second-order valence-corrected chi connectivity index (χ2v) is 24.1. The zero-order chi connectivity index (χ0) is 55.4. The molecule has 0 spiro atoms. The largest absolute Gasteiger partial charge is 0.397 e. The first-order valence-electron chi connectivity index (χ1n) is 32.6. The number of carbonyl (C=O) groups excluding carboxylic acids is 1. The Balaban J connectivity index is 2.08. The molecule has 1 amide bonds. The molecule has 0 aliphatic carbocycles. The Morgan fingerprint density at radius 3 is 1.18 bits per heavy atom. The molecule has 0 aromatic carbocycles. The van der Waals surface area contributed by atoms with E-state index in [9.17, 15) is 38.2 Å². The van der Waals surface area contributed by atoms with E-state index in [1.807, 2.05) is 0 Å². The van der Waals surface area contributed by atoms with Crippen molar-refractivity contribution in [2.45, 2.75) is 371 Å². The Labute approximate surface area is 468 Å². The van der Waals surface area contributed by atoms with E-state index in [0.717, 1.165) is 51.4 Å². The molecule has 6 N–H and O–H groups in total. The molecule has 1 fully saturated rings. The van der Waals surface area contributed by atoms with Crippen molar-refractivity contribution in [2.75, 3.05) is 13.2 Å². The summed E-state index contributed by atoms with van der Waals surface area (Å²) >= 11 is 0. The fourth-order valence-electron chi connectivity index (χ4n) is 10.8. The normalized spacial score (nSPS) is 19.0. The van der Waals surface area contributed by atoms with Crippen LogP contribution in [0.4, 0.5) is 0 Å². The molecule has 1 rings (SSSR count). The summed E-state index contributed by atoms with van der Waals surface area (Å²) in [5.41, 5.74) is 0. The van der Waals surface area contributed by atoms with Crippen LogP contribution in [-0.2, 0) is 28.9 Å². The van der Waals surface area contributed by atoms with Crippen LogP contribution in [0.1, 0.15) is 328 Å². The van der Waals surface area contributed by atoms with Crippen LogP contribution in [0.15, 0.2) is 12.2 Å². The summed E-state index contributed by atoms with van der Waals surface area (Å²) in [6.07, 6.45) is 57.2. The number of carbonyl (C=O) groups is 1. The van der Waals surface area contributed by atoms with Crippen molar-refractivity contribution in [2.24, 2.45) is 0 Å². The van der Waals surface area contributed by atoms with Crippen LogP contribution in [0.5, 0.6) is 0 Å². The molecule has 0 saturated carbocycles. The number of rotatable bonds is 58. The van der Waals surface area contributed by atoms with Crippen molar-refractivity contribution in [3.8, 4) is 0 Å². The van der Waals surface area contributed by atoms with Gasteiger partial charge in [0.15, 0.2) is 6.29 Å². The van der Waals surface area contributed by atoms with Crippen LogP contribution in [0.2, 0.25) is 0 Å². The SMILES string of the molecule is CCCCCCCCCCCCCCCCCCCC/C=C\CCCCCCCCCCCCCCCCCCCC(=O)NC(COC1OC(CO)C(O)C(OS(=O)(=O)O)C1O)C(O)CCCCCCCCCCCC. The Kier molecular flexibility index (Phi) is 51.0. The van der Waals surface area contributed by atoms with E-state index >= 15 is 0 Å². The van der Waals surface area contributed by atoms with E-state index in [1.165, 1.54) is 250 Å². The number of amides is 1. The fraction of sp³-hybridized carbons (Fsp3) is 0.952. The first-order chi connectivity index (χ1) is 37.0. The highest BCUT2D eigenvalue weighted by molar-refractivity contribution is 7.80. The minimum atomic E-state index is -5.08. The van der Waals surface area contributed by atoms with Crippen LogP contribution in [0, 0.1) is 0 Å². The summed E-state index contributed by atoms with van der Waals surface area (Å²) in [5.74, 6) is -0.226. The Morgan fingerprint density at radius 2 is 0.842 bits per heavy atom. The lowest BCUT2D eigenvalue weighted by atomic mass is 9.99. The number of hydrogen-bond acceptors (Lipinski definition) is 10. The number of aliphatic hydroxyl groups is 4. The van der Waals surface area contributed by atoms with Crippen molar-refractivity contribution in [1.29, 1.82) is 0 Å². The first-order valence-corrected chi connectivity index (χ1v) is 33.9. The van der Waals surface area contributed by atoms with Gasteiger partial charge in [-0.15, -0.1) is 0 Å². The van der Waals surface area contributed by atoms with Crippen molar-refractivity contribution < 1.29 is 51.8 Å². The van der Waals surface area contributed by atoms with Gasteiger partial charge in [0.1, 0.15) is 24.4 Å². The number of allylic oxidation sites excluding steroid dienone is 2. The van der Waals surface area contributed by atoms with E-state index in [-0.39, 0.29) is 12.5 Å². The van der Waals surface area contributed by atoms with E-state index in [0.29, 0.717) is 12.8 Å². The lowest BCUT2D eigenvalue weighted by molar-refractivity contribution is -0.298. The summed E-state index contributed by atoms with van der Waals surface area (Å²) in [5, 5.41) is 45.0. The smallest absolute Gasteiger partial charge is 0.394 e. The molecule has 1 aliphatic rings. The molecule has 13 heteroatoms. The Hall–Kier alpha value is -1.16. The van der Waals surface area contributed by atoms with Gasteiger partial charge in [-0.2, -0.15) is 8.42 Å². The Morgan fingerprint density at radius 1 is 0.513 bits per heavy atom. The van der Waals surface area contributed by atoms with Crippen LogP contribution >= 0.6 is 0 Å². The van der Waals surface area contributed by atoms with Gasteiger partial charge >= 0.3 is 10.4 Å². The van der Waals surface area contributed by atoms with E-state index in [1.54, 1.807) is 0 Å². The molecular weight excluding hydrogens is 979 g/mol. The van der Waals surface area contributed by atoms with Gasteiger partial charge in [-0.3, -0.25) is 9.35 Å². The predicted octanol–water partition coefficient (Wildman–Crippen LogP) is 16.2. The lowest BCUT2D eigenvalue weighted by Gasteiger charge is -2.41. The predicted molar refractivity (Wildman–Crippen MR) is 315 cm³/mol. The maximum atomic E-state index is 13.1. The third kappa shape index (κ3) is 44.6. The molecule has 1 heterocycles. The number of ether oxygens (including phenoxy) is 2. The maximum Gasteiger partial charge on any atom is 0.397 e. The molecule has 1 saturated heterocycles. The minimum absolute atomic E-state index is 0.226. The zero-order valence-electron chi connectivity index (χ0n) is 49.4. The monoisotopic (exact) mass is 1100 g/mol. The van der Waals surface area contributed by atoms with Crippen LogP contribution in [0.25, 0.3) is 0 Å². The molecular formula is C63H123NO11S. The highest BCUT2D eigenvalue weighted by Gasteiger charge is 2.48. The topological polar surface area (TPSA) is 192 Å². The van der Waals surface area contributed by atoms with Gasteiger partial charge < -0.3 is 35.2 Å². The number of hydrogen-bond donors (Lipinski definition) is 6. The summed E-state index contributed by atoms with van der Waals surface area (Å²) in [6, 6.07) is -0.854. The van der Waals surface area contributed by atoms with Crippen LogP contribution < -0.4 is 5.32 Å². The summed E-state index contributed by atoms with van der Waals surface area (Å²) in [7, 11) is -5.08. The van der Waals surface area contributed by atoms with Crippen molar-refractivity contribution >= 4 is 16.3 Å². The van der Waals surface area contributed by atoms with Crippen molar-refractivity contribution in [3.05, 3.63) is 12.2 Å². The molecule has 0 aromatic heterocycles. The highest BCUT2D eigenvalue weighted by Crippen LogP contribution is 2.26. The van der Waals surface area contributed by atoms with Gasteiger partial charge in [0.25, 0.3) is 0 Å². The molecule has 0 radical (unpaired) electrons. The van der Waals surface area contributed by atoms with Gasteiger partial charge in [0.05, 0.1) is 25.4 Å². The van der Waals surface area contributed by atoms with Gasteiger partial charge in [-0.1, -0.05) is 296 Å². The minimum Gasteiger partial charge on any atom is -0.394 e. The quantitative estimate of drug-likeness (QED) is 0.0193.